The lowest BCUT2D eigenvalue weighted by atomic mass is 9.90. The number of cyclic esters (lactones) is 8. The highest BCUT2D eigenvalue weighted by molar-refractivity contribution is 5.80. The maximum Gasteiger partial charge on any atom is 0.509 e. The number of unbranched alkanes of at least 4 members (excludes halogenated alkanes) is 2. The molecule has 0 aliphatic carbocycles. The van der Waals surface area contributed by atoms with Crippen LogP contribution in [0.15, 0.2) is 0 Å². The van der Waals surface area contributed by atoms with Crippen LogP contribution in [-0.4, -0.2) is 149 Å². The summed E-state index contributed by atoms with van der Waals surface area (Å²) in [7, 11) is 0. The fourth-order valence-corrected chi connectivity index (χ4v) is 5.37. The predicted octanol–water partition coefficient (Wildman–Crippen LogP) is 7.25. The normalized spacial score (nSPS) is 22.3. The summed E-state index contributed by atoms with van der Waals surface area (Å²) in [6.07, 6.45) is 0.688. The van der Waals surface area contributed by atoms with Gasteiger partial charge in [-0.15, -0.1) is 0 Å². The van der Waals surface area contributed by atoms with E-state index in [0.29, 0.717) is 25.7 Å². The lowest BCUT2D eigenvalue weighted by molar-refractivity contribution is -0.165. The van der Waals surface area contributed by atoms with Gasteiger partial charge in [0, 0.05) is 0 Å². The van der Waals surface area contributed by atoms with Crippen LogP contribution < -0.4 is 0 Å². The number of ether oxygens (including phenoxy) is 13. The lowest BCUT2D eigenvalue weighted by Gasteiger charge is -2.24. The van der Waals surface area contributed by atoms with Crippen molar-refractivity contribution in [3.05, 3.63) is 0 Å². The van der Waals surface area contributed by atoms with E-state index in [2.05, 4.69) is 25.9 Å². The second-order valence-electron chi connectivity index (χ2n) is 20.2. The van der Waals surface area contributed by atoms with Gasteiger partial charge in [0.1, 0.15) is 45.7 Å². The summed E-state index contributed by atoms with van der Waals surface area (Å²) in [6, 6.07) is 0. The Morgan fingerprint density at radius 2 is 0.986 bits per heavy atom. The number of carbonyl (C=O) groups is 9. The zero-order chi connectivity index (χ0) is 55.1. The molecular weight excluding hydrogens is 957 g/mol. The third kappa shape index (κ3) is 22.4. The molecule has 72 heavy (non-hydrogen) atoms. The molecule has 414 valence electrons. The van der Waals surface area contributed by atoms with Gasteiger partial charge < -0.3 is 66.7 Å². The number of aliphatic hydroxyl groups excluding tert-OH is 1. The quantitative estimate of drug-likeness (QED) is 0.0598. The second kappa shape index (κ2) is 29.8. The Morgan fingerprint density at radius 3 is 1.40 bits per heavy atom. The fourth-order valence-electron chi connectivity index (χ4n) is 5.37. The summed E-state index contributed by atoms with van der Waals surface area (Å²) < 4.78 is 63.5. The number of hydrogen-bond acceptors (Lipinski definition) is 23. The van der Waals surface area contributed by atoms with Crippen molar-refractivity contribution in [3.63, 3.8) is 0 Å². The van der Waals surface area contributed by atoms with Gasteiger partial charge in [-0.05, 0) is 101 Å². The van der Waals surface area contributed by atoms with E-state index in [4.69, 9.17) is 47.7 Å². The van der Waals surface area contributed by atoms with E-state index in [-0.39, 0.29) is 70.3 Å². The molecule has 0 saturated carbocycles. The van der Waals surface area contributed by atoms with Crippen molar-refractivity contribution in [1.29, 1.82) is 0 Å². The van der Waals surface area contributed by atoms with Crippen LogP contribution in [0.4, 0.5) is 19.2 Å². The van der Waals surface area contributed by atoms with Crippen LogP contribution >= 0.6 is 0 Å². The third-order valence-electron chi connectivity index (χ3n) is 12.3. The minimum atomic E-state index is -0.851. The summed E-state index contributed by atoms with van der Waals surface area (Å²) in [5, 5.41) is 8.93. The number of esters is 5. The second-order valence-corrected chi connectivity index (χ2v) is 20.2. The van der Waals surface area contributed by atoms with Gasteiger partial charge >= 0.3 is 54.5 Å². The van der Waals surface area contributed by atoms with Crippen molar-refractivity contribution in [2.75, 3.05) is 52.9 Å². The van der Waals surface area contributed by atoms with Crippen LogP contribution in [0, 0.1) is 21.7 Å². The highest BCUT2D eigenvalue weighted by atomic mass is 16.8. The van der Waals surface area contributed by atoms with E-state index >= 15 is 0 Å². The van der Waals surface area contributed by atoms with Gasteiger partial charge in [0.25, 0.3) is 0 Å². The maximum absolute atomic E-state index is 11.9. The molecule has 0 aromatic rings. The summed E-state index contributed by atoms with van der Waals surface area (Å²) in [5.74, 6) is -2.07. The maximum atomic E-state index is 11.9. The lowest BCUT2D eigenvalue weighted by Crippen LogP contribution is -2.37. The largest absolute Gasteiger partial charge is 0.509 e. The van der Waals surface area contributed by atoms with Crippen LogP contribution in [0.5, 0.6) is 0 Å². The molecule has 6 unspecified atom stereocenters. The van der Waals surface area contributed by atoms with E-state index in [1.807, 2.05) is 55.4 Å². The van der Waals surface area contributed by atoms with E-state index in [1.165, 1.54) is 0 Å². The Bertz CT molecular complexity index is 1810. The zero-order valence-corrected chi connectivity index (χ0v) is 44.6. The van der Waals surface area contributed by atoms with E-state index < -0.39 is 94.8 Å². The first kappa shape index (κ1) is 64.4. The molecule has 4 aliphatic heterocycles. The van der Waals surface area contributed by atoms with Gasteiger partial charge in [-0.1, -0.05) is 47.5 Å². The molecule has 4 heterocycles. The van der Waals surface area contributed by atoms with Crippen molar-refractivity contribution in [2.24, 2.45) is 21.7 Å². The van der Waals surface area contributed by atoms with Crippen molar-refractivity contribution >= 4 is 54.5 Å². The van der Waals surface area contributed by atoms with Gasteiger partial charge in [0.15, 0.2) is 36.6 Å². The van der Waals surface area contributed by atoms with Gasteiger partial charge in [-0.25, -0.2) is 24.0 Å². The first-order chi connectivity index (χ1) is 33.4. The van der Waals surface area contributed by atoms with Crippen molar-refractivity contribution in [3.8, 4) is 0 Å². The van der Waals surface area contributed by atoms with Gasteiger partial charge in [0.05, 0.1) is 28.3 Å². The fraction of sp³-hybridized carbons (Fsp3) is 0.816. The monoisotopic (exact) mass is 1040 g/mol. The number of carbonyl (C=O) groups excluding carboxylic acids is 9. The molecule has 0 aromatic heterocycles. The summed E-state index contributed by atoms with van der Waals surface area (Å²) in [4.78, 5) is 102. The minimum Gasteiger partial charge on any atom is -0.461 e. The molecule has 1 N–H and O–H groups in total. The van der Waals surface area contributed by atoms with Gasteiger partial charge in [-0.3, -0.25) is 19.2 Å². The predicted molar refractivity (Wildman–Crippen MR) is 250 cm³/mol. The highest BCUT2D eigenvalue weighted by Crippen LogP contribution is 2.28. The standard InChI is InChI=1S/C15H26O5.C12H18O7.C11H18O6.C11H18O5/c1-5-7-8-9-11-12(20-14(17)19-11)10-18-13(16)15(3,4)6-2;1-4-12(2,3)10(14)17-7-9(13)16-5-8-6-18-11(15)19-8;1-4-11(2,3)9(13)15-6-8-7(5-12)16-10(14)17-8;1-5-10(2,3)8(12)14-6-11(4)7-15-9(13)16-11/h11-12H,5-10H2,1-4H3;8H,4-7H2,1-3H3;7-8,12H,4-6H2,1-3H3;5-7H2,1-4H3. The summed E-state index contributed by atoms with van der Waals surface area (Å²) in [5.41, 5.74) is -3.08. The molecule has 6 atom stereocenters. The molecule has 23 nitrogen and oxygen atoms in total. The zero-order valence-electron chi connectivity index (χ0n) is 44.6. The molecule has 0 bridgehead atoms. The number of rotatable bonds is 23. The molecule has 0 spiro atoms. The molecule has 4 fully saturated rings. The topological polar surface area (TPSA) is 294 Å². The molecule has 0 aromatic carbocycles. The van der Waals surface area contributed by atoms with Crippen molar-refractivity contribution in [1.82, 2.24) is 0 Å². The minimum absolute atomic E-state index is 0.0288. The van der Waals surface area contributed by atoms with E-state index in [9.17, 15) is 43.2 Å². The van der Waals surface area contributed by atoms with Gasteiger partial charge in [0.2, 0.25) is 0 Å². The molecule has 23 heteroatoms. The Morgan fingerprint density at radius 1 is 0.542 bits per heavy atom. The van der Waals surface area contributed by atoms with Crippen LogP contribution in [-0.2, 0) is 85.6 Å². The Balaban J connectivity index is 0.000000482. The smallest absolute Gasteiger partial charge is 0.461 e. The van der Waals surface area contributed by atoms with E-state index in [0.717, 1.165) is 25.7 Å². The molecular formula is C49H80O23. The van der Waals surface area contributed by atoms with Gasteiger partial charge in [-0.2, -0.15) is 0 Å². The molecule has 0 amide bonds. The average Bonchev–Trinajstić information content (AvgIpc) is 4.12. The van der Waals surface area contributed by atoms with Crippen LogP contribution in [0.1, 0.15) is 148 Å². The Kier molecular flexibility index (Phi) is 26.7. The van der Waals surface area contributed by atoms with Crippen molar-refractivity contribution < 1.29 is 110 Å². The molecule has 4 rings (SSSR count). The molecule has 0 radical (unpaired) electrons. The summed E-state index contributed by atoms with van der Waals surface area (Å²) >= 11 is 0. The third-order valence-corrected chi connectivity index (χ3v) is 12.3. The average molecular weight is 1040 g/mol. The van der Waals surface area contributed by atoms with Crippen molar-refractivity contribution in [2.45, 2.75) is 184 Å². The van der Waals surface area contributed by atoms with Crippen LogP contribution in [0.2, 0.25) is 0 Å². The molecule has 4 aliphatic rings. The first-order valence-electron chi connectivity index (χ1n) is 24.3. The van der Waals surface area contributed by atoms with Crippen LogP contribution in [0.25, 0.3) is 0 Å². The molecule has 4 saturated heterocycles. The number of aliphatic hydroxyl groups is 1. The number of hydrogen-bond donors (Lipinski definition) is 1. The van der Waals surface area contributed by atoms with Crippen LogP contribution in [0.3, 0.4) is 0 Å². The Hall–Kier alpha value is -5.61. The summed E-state index contributed by atoms with van der Waals surface area (Å²) in [6.45, 7) is 24.9. The van der Waals surface area contributed by atoms with E-state index in [1.54, 1.807) is 34.6 Å². The SMILES string of the molecule is CCC(C)(C)C(=O)OCC(=O)OCC1COC(=O)O1.CCC(C)(C)C(=O)OCC1(C)COC(=O)O1.CCC(C)(C)C(=O)OCC1OC(=O)OC1CO.CCCCCC1OC(=O)OC1COC(=O)C(C)(C)CC. The first-order valence-corrected chi connectivity index (χ1v) is 24.3. The highest BCUT2D eigenvalue weighted by Gasteiger charge is 2.42. The Labute approximate surface area is 422 Å².